The van der Waals surface area contributed by atoms with Crippen LogP contribution in [0.4, 0.5) is 4.79 Å². The standard InChI is InChI=1S/C33H49N3O7/c1-9-11-16-25(42-32(40)34-10-2)17-14-21-35-30(38)29(33(5,6)7)36-28(37)18-13-12-15-23(3)22-24(4)26-19-20-27(41-8)31(39)43-26/h9,11-15,18,20-22,24-26,29H,10,16-17,19H2,1-8H3,(H,34,40)(H,35,38)(H,36,37)/b11-9-,15-12-,18-13-,21-14-,23-22+. The fraction of sp³-hybridized carbons (Fsp3) is 0.515. The summed E-state index contributed by atoms with van der Waals surface area (Å²) in [7, 11) is 1.44. The summed E-state index contributed by atoms with van der Waals surface area (Å²) in [6, 6.07) is -0.794. The molecule has 3 amide bonds. The zero-order valence-corrected chi connectivity index (χ0v) is 26.8. The van der Waals surface area contributed by atoms with Crippen molar-refractivity contribution in [2.24, 2.45) is 11.3 Å². The van der Waals surface area contributed by atoms with Crippen molar-refractivity contribution in [3.05, 3.63) is 72.2 Å². The summed E-state index contributed by atoms with van der Waals surface area (Å²) in [6.45, 7) is 13.7. The molecule has 238 valence electrons. The topological polar surface area (TPSA) is 132 Å². The van der Waals surface area contributed by atoms with Crippen LogP contribution in [0.15, 0.2) is 72.2 Å². The third-order valence-corrected chi connectivity index (χ3v) is 6.43. The summed E-state index contributed by atoms with van der Waals surface area (Å²) in [4.78, 5) is 49.3. The van der Waals surface area contributed by atoms with Crippen molar-refractivity contribution < 1.29 is 33.4 Å². The summed E-state index contributed by atoms with van der Waals surface area (Å²) in [5.41, 5.74) is 0.392. The van der Waals surface area contributed by atoms with Crippen LogP contribution in [0, 0.1) is 11.3 Å². The van der Waals surface area contributed by atoms with Gasteiger partial charge in [0.05, 0.1) is 7.11 Å². The van der Waals surface area contributed by atoms with Gasteiger partial charge in [-0.1, -0.05) is 75.8 Å². The Kier molecular flexibility index (Phi) is 16.5. The lowest BCUT2D eigenvalue weighted by Gasteiger charge is -2.29. The van der Waals surface area contributed by atoms with Gasteiger partial charge in [0.1, 0.15) is 18.2 Å². The van der Waals surface area contributed by atoms with Gasteiger partial charge < -0.3 is 30.2 Å². The molecule has 1 aliphatic heterocycles. The van der Waals surface area contributed by atoms with E-state index >= 15 is 0 Å². The highest BCUT2D eigenvalue weighted by atomic mass is 16.6. The predicted octanol–water partition coefficient (Wildman–Crippen LogP) is 5.16. The molecular formula is C33H49N3O7. The van der Waals surface area contributed by atoms with Crippen LogP contribution in [0.2, 0.25) is 0 Å². The molecule has 0 fully saturated rings. The zero-order chi connectivity index (χ0) is 32.4. The van der Waals surface area contributed by atoms with Gasteiger partial charge in [0.25, 0.3) is 0 Å². The molecule has 3 N–H and O–H groups in total. The maximum atomic E-state index is 12.9. The minimum atomic E-state index is -0.794. The van der Waals surface area contributed by atoms with Gasteiger partial charge in [-0.05, 0) is 38.5 Å². The molecule has 43 heavy (non-hydrogen) atoms. The van der Waals surface area contributed by atoms with Crippen LogP contribution in [-0.4, -0.2) is 55.8 Å². The van der Waals surface area contributed by atoms with Gasteiger partial charge in [0.2, 0.25) is 11.8 Å². The first-order valence-electron chi connectivity index (χ1n) is 14.6. The number of cyclic esters (lactones) is 1. The molecular weight excluding hydrogens is 550 g/mol. The summed E-state index contributed by atoms with van der Waals surface area (Å²) in [5, 5.41) is 8.11. The number of esters is 1. The number of hydrogen-bond acceptors (Lipinski definition) is 7. The Hall–Kier alpha value is -4.08. The molecule has 0 spiro atoms. The SMILES string of the molecule is C/C=C\CC(C/C=C\NC(=O)C(NC(=O)\C=C/C=C\C(C)=C\C(C)C1CC=C(OC)C(=O)O1)C(C)(C)C)OC(=O)NCC. The molecule has 0 radical (unpaired) electrons. The zero-order valence-electron chi connectivity index (χ0n) is 26.8. The molecule has 1 heterocycles. The molecule has 4 atom stereocenters. The second-order valence-corrected chi connectivity index (χ2v) is 11.3. The fourth-order valence-electron chi connectivity index (χ4n) is 4.09. The fourth-order valence-corrected chi connectivity index (χ4v) is 4.09. The highest BCUT2D eigenvalue weighted by Crippen LogP contribution is 2.23. The molecule has 0 bridgehead atoms. The number of carbonyl (C=O) groups excluding carboxylic acids is 4. The molecule has 10 heteroatoms. The van der Waals surface area contributed by atoms with Crippen LogP contribution < -0.4 is 16.0 Å². The number of amides is 3. The van der Waals surface area contributed by atoms with Crippen molar-refractivity contribution in [1.82, 2.24) is 16.0 Å². The molecule has 0 saturated carbocycles. The molecule has 0 aliphatic carbocycles. The molecule has 1 aliphatic rings. The van der Waals surface area contributed by atoms with E-state index in [2.05, 4.69) is 16.0 Å². The lowest BCUT2D eigenvalue weighted by molar-refractivity contribution is -0.151. The third-order valence-electron chi connectivity index (χ3n) is 6.43. The van der Waals surface area contributed by atoms with E-state index in [4.69, 9.17) is 14.2 Å². The number of ether oxygens (including phenoxy) is 3. The Bertz CT molecular complexity index is 1130. The van der Waals surface area contributed by atoms with E-state index in [1.165, 1.54) is 19.4 Å². The molecule has 4 unspecified atom stereocenters. The van der Waals surface area contributed by atoms with Gasteiger partial charge in [0, 0.05) is 37.8 Å². The van der Waals surface area contributed by atoms with Crippen LogP contribution in [0.1, 0.15) is 67.7 Å². The van der Waals surface area contributed by atoms with E-state index in [0.717, 1.165) is 5.57 Å². The van der Waals surface area contributed by atoms with E-state index in [0.29, 0.717) is 25.8 Å². The van der Waals surface area contributed by atoms with Gasteiger partial charge in [-0.25, -0.2) is 9.59 Å². The van der Waals surface area contributed by atoms with E-state index in [9.17, 15) is 19.2 Å². The van der Waals surface area contributed by atoms with Crippen molar-refractivity contribution in [2.45, 2.75) is 86.0 Å². The molecule has 0 saturated heterocycles. The molecule has 10 nitrogen and oxygen atoms in total. The number of allylic oxidation sites excluding steroid dienone is 5. The second-order valence-electron chi connectivity index (χ2n) is 11.3. The Morgan fingerprint density at radius 3 is 2.42 bits per heavy atom. The Balaban J connectivity index is 2.70. The Labute approximate surface area is 256 Å². The maximum Gasteiger partial charge on any atom is 0.407 e. The highest BCUT2D eigenvalue weighted by molar-refractivity contribution is 5.93. The summed E-state index contributed by atoms with van der Waals surface area (Å²) in [5.74, 6) is -1.02. The maximum absolute atomic E-state index is 12.9. The van der Waals surface area contributed by atoms with Crippen LogP contribution in [0.5, 0.6) is 0 Å². The van der Waals surface area contributed by atoms with Crippen molar-refractivity contribution in [3.8, 4) is 0 Å². The van der Waals surface area contributed by atoms with Crippen LogP contribution in [-0.2, 0) is 28.6 Å². The average molecular weight is 600 g/mol. The second kappa shape index (κ2) is 19.2. The largest absolute Gasteiger partial charge is 0.490 e. The molecule has 1 rings (SSSR count). The number of rotatable bonds is 15. The minimum absolute atomic E-state index is 0.0113. The van der Waals surface area contributed by atoms with E-state index < -0.39 is 29.4 Å². The number of nitrogens with one attached hydrogen (secondary N) is 3. The summed E-state index contributed by atoms with van der Waals surface area (Å²) >= 11 is 0. The Morgan fingerprint density at radius 2 is 1.81 bits per heavy atom. The first-order valence-corrected chi connectivity index (χ1v) is 14.6. The predicted molar refractivity (Wildman–Crippen MR) is 167 cm³/mol. The van der Waals surface area contributed by atoms with Gasteiger partial charge in [-0.2, -0.15) is 0 Å². The molecule has 0 aromatic carbocycles. The monoisotopic (exact) mass is 599 g/mol. The number of alkyl carbamates (subject to hydrolysis) is 1. The molecule has 0 aromatic heterocycles. The summed E-state index contributed by atoms with van der Waals surface area (Å²) < 4.78 is 15.8. The Morgan fingerprint density at radius 1 is 1.14 bits per heavy atom. The first-order chi connectivity index (χ1) is 20.3. The summed E-state index contributed by atoms with van der Waals surface area (Å²) in [6.07, 6.45) is 17.7. The van der Waals surface area contributed by atoms with Crippen molar-refractivity contribution >= 4 is 23.9 Å². The normalized spacial score (nSPS) is 18.3. The minimum Gasteiger partial charge on any atom is -0.490 e. The van der Waals surface area contributed by atoms with Crippen LogP contribution in [0.25, 0.3) is 0 Å². The van der Waals surface area contributed by atoms with Gasteiger partial charge >= 0.3 is 12.1 Å². The van der Waals surface area contributed by atoms with Crippen LogP contribution in [0.3, 0.4) is 0 Å². The number of carbonyl (C=O) groups is 4. The lowest BCUT2D eigenvalue weighted by Crippen LogP contribution is -2.52. The smallest absolute Gasteiger partial charge is 0.407 e. The van der Waals surface area contributed by atoms with E-state index in [-0.39, 0.29) is 29.8 Å². The first kappa shape index (κ1) is 36.9. The van der Waals surface area contributed by atoms with E-state index in [1.807, 2.05) is 72.8 Å². The average Bonchev–Trinajstić information content (AvgIpc) is 2.94. The van der Waals surface area contributed by atoms with Crippen molar-refractivity contribution in [1.29, 1.82) is 0 Å². The van der Waals surface area contributed by atoms with Crippen LogP contribution >= 0.6 is 0 Å². The quantitative estimate of drug-likeness (QED) is 0.103. The van der Waals surface area contributed by atoms with Crippen molar-refractivity contribution in [3.63, 3.8) is 0 Å². The highest BCUT2D eigenvalue weighted by Gasteiger charge is 2.32. The lowest BCUT2D eigenvalue weighted by atomic mass is 9.86. The van der Waals surface area contributed by atoms with E-state index in [1.54, 1.807) is 24.3 Å². The molecule has 0 aromatic rings. The number of hydrogen-bond donors (Lipinski definition) is 3. The van der Waals surface area contributed by atoms with Crippen molar-refractivity contribution in [2.75, 3.05) is 13.7 Å². The van der Waals surface area contributed by atoms with Gasteiger partial charge in [0.15, 0.2) is 5.76 Å². The van der Waals surface area contributed by atoms with Gasteiger partial charge in [-0.15, -0.1) is 0 Å². The van der Waals surface area contributed by atoms with Gasteiger partial charge in [-0.3, -0.25) is 9.59 Å². The number of methoxy groups -OCH3 is 1. The third kappa shape index (κ3) is 14.6.